The minimum Gasteiger partial charge on any atom is -0.480 e. The summed E-state index contributed by atoms with van der Waals surface area (Å²) in [6, 6.07) is 5.33. The van der Waals surface area contributed by atoms with E-state index in [0.29, 0.717) is 6.54 Å². The number of urea groups is 1. The van der Waals surface area contributed by atoms with Gasteiger partial charge in [-0.1, -0.05) is 6.07 Å². The number of amides is 2. The molecule has 0 saturated heterocycles. The molecule has 6 nitrogen and oxygen atoms in total. The maximum Gasteiger partial charge on any atom is 0.323 e. The van der Waals surface area contributed by atoms with Gasteiger partial charge < -0.3 is 14.9 Å². The zero-order chi connectivity index (χ0) is 13.8. The first-order chi connectivity index (χ1) is 9.08. The van der Waals surface area contributed by atoms with E-state index in [1.807, 2.05) is 18.2 Å². The van der Waals surface area contributed by atoms with Gasteiger partial charge in [0.2, 0.25) is 0 Å². The third-order valence-electron chi connectivity index (χ3n) is 2.99. The molecule has 0 atom stereocenters. The summed E-state index contributed by atoms with van der Waals surface area (Å²) in [5.74, 6) is -0.980. The highest BCUT2D eigenvalue weighted by molar-refractivity contribution is 5.80. The molecule has 1 heterocycles. The number of carboxylic acid groups (broad SMARTS) is 1. The molecule has 1 fully saturated rings. The molecular formula is C13H17N3O3. The average Bonchev–Trinajstić information content (AvgIpc) is 3.20. The van der Waals surface area contributed by atoms with Crippen LogP contribution in [0.3, 0.4) is 0 Å². The molecule has 1 aromatic heterocycles. The summed E-state index contributed by atoms with van der Waals surface area (Å²) in [6.45, 7) is 0.137. The molecule has 1 aliphatic rings. The fourth-order valence-corrected chi connectivity index (χ4v) is 1.91. The van der Waals surface area contributed by atoms with Gasteiger partial charge in [0.05, 0.1) is 12.2 Å². The fraction of sp³-hybridized carbons (Fsp3) is 0.462. The molecule has 0 spiro atoms. The van der Waals surface area contributed by atoms with Crippen LogP contribution in [0.25, 0.3) is 0 Å². The van der Waals surface area contributed by atoms with E-state index < -0.39 is 5.97 Å². The van der Waals surface area contributed by atoms with Crippen molar-refractivity contribution in [2.45, 2.75) is 25.4 Å². The maximum atomic E-state index is 12.2. The fourth-order valence-electron chi connectivity index (χ4n) is 1.91. The van der Waals surface area contributed by atoms with Crippen molar-refractivity contribution in [1.29, 1.82) is 0 Å². The lowest BCUT2D eigenvalue weighted by Gasteiger charge is -2.26. The number of carbonyl (C=O) groups excluding carboxylic acids is 1. The van der Waals surface area contributed by atoms with Crippen LogP contribution in [0.5, 0.6) is 0 Å². The number of hydrogen-bond donors (Lipinski definition) is 1. The molecule has 102 valence electrons. The normalized spacial score (nSPS) is 13.9. The smallest absolute Gasteiger partial charge is 0.323 e. The van der Waals surface area contributed by atoms with E-state index in [2.05, 4.69) is 4.98 Å². The highest BCUT2D eigenvalue weighted by Crippen LogP contribution is 2.27. The van der Waals surface area contributed by atoms with Crippen LogP contribution < -0.4 is 0 Å². The molecule has 19 heavy (non-hydrogen) atoms. The number of nitrogens with zero attached hydrogens (tertiary/aromatic N) is 3. The quantitative estimate of drug-likeness (QED) is 0.865. The number of aromatic nitrogens is 1. The predicted octanol–water partition coefficient (Wildman–Crippen LogP) is 1.18. The van der Waals surface area contributed by atoms with Crippen LogP contribution in [0.4, 0.5) is 4.79 Å². The molecule has 0 aromatic carbocycles. The Labute approximate surface area is 111 Å². The average molecular weight is 263 g/mol. The van der Waals surface area contributed by atoms with Crippen molar-refractivity contribution in [3.8, 4) is 0 Å². The topological polar surface area (TPSA) is 73.7 Å². The van der Waals surface area contributed by atoms with Gasteiger partial charge >= 0.3 is 12.0 Å². The molecule has 2 amide bonds. The van der Waals surface area contributed by atoms with Gasteiger partial charge in [0.25, 0.3) is 0 Å². The first-order valence-electron chi connectivity index (χ1n) is 6.21. The highest BCUT2D eigenvalue weighted by atomic mass is 16.4. The zero-order valence-corrected chi connectivity index (χ0v) is 10.8. The second-order valence-electron chi connectivity index (χ2n) is 4.71. The molecule has 0 bridgehead atoms. The second-order valence-corrected chi connectivity index (χ2v) is 4.71. The molecule has 1 aromatic rings. The van der Waals surface area contributed by atoms with E-state index >= 15 is 0 Å². The van der Waals surface area contributed by atoms with E-state index in [4.69, 9.17) is 5.11 Å². The summed E-state index contributed by atoms with van der Waals surface area (Å²) < 4.78 is 0. The molecule has 0 unspecified atom stereocenters. The van der Waals surface area contributed by atoms with Crippen molar-refractivity contribution in [2.24, 2.45) is 0 Å². The van der Waals surface area contributed by atoms with Crippen LogP contribution in [-0.4, -0.2) is 51.5 Å². The lowest BCUT2D eigenvalue weighted by Crippen LogP contribution is -2.44. The van der Waals surface area contributed by atoms with Crippen LogP contribution in [-0.2, 0) is 11.3 Å². The van der Waals surface area contributed by atoms with E-state index in [9.17, 15) is 9.59 Å². The van der Waals surface area contributed by atoms with Gasteiger partial charge in [-0.15, -0.1) is 0 Å². The third kappa shape index (κ3) is 3.67. The van der Waals surface area contributed by atoms with Gasteiger partial charge in [-0.3, -0.25) is 9.78 Å². The van der Waals surface area contributed by atoms with Crippen LogP contribution in [0.1, 0.15) is 18.5 Å². The van der Waals surface area contributed by atoms with Gasteiger partial charge in [0, 0.05) is 19.3 Å². The Hall–Kier alpha value is -2.11. The van der Waals surface area contributed by atoms with E-state index in [1.165, 1.54) is 9.80 Å². The van der Waals surface area contributed by atoms with Gasteiger partial charge in [0.1, 0.15) is 6.54 Å². The standard InChI is InChI=1S/C13H17N3O3/c1-15(8-10-4-2-3-7-14-10)13(19)16(9-12(17)18)11-5-6-11/h2-4,7,11H,5-6,8-9H2,1H3,(H,17,18). The number of aliphatic carboxylic acids is 1. The minimum atomic E-state index is -0.980. The first kappa shape index (κ1) is 13.3. The summed E-state index contributed by atoms with van der Waals surface area (Å²) in [5, 5.41) is 8.86. The molecule has 0 aliphatic heterocycles. The molecule has 1 saturated carbocycles. The lowest BCUT2D eigenvalue weighted by atomic mass is 10.3. The van der Waals surface area contributed by atoms with Gasteiger partial charge in [-0.2, -0.15) is 0 Å². The van der Waals surface area contributed by atoms with Crippen LogP contribution in [0, 0.1) is 0 Å². The summed E-state index contributed by atoms with van der Waals surface area (Å²) in [7, 11) is 1.66. The third-order valence-corrected chi connectivity index (χ3v) is 2.99. The summed E-state index contributed by atoms with van der Waals surface area (Å²) in [6.07, 6.45) is 3.44. The Balaban J connectivity index is 1.98. The van der Waals surface area contributed by atoms with E-state index in [0.717, 1.165) is 18.5 Å². The van der Waals surface area contributed by atoms with E-state index in [1.54, 1.807) is 13.2 Å². The summed E-state index contributed by atoms with van der Waals surface area (Å²) in [5.41, 5.74) is 0.782. The Morgan fingerprint density at radius 3 is 2.68 bits per heavy atom. The van der Waals surface area contributed by atoms with Crippen molar-refractivity contribution >= 4 is 12.0 Å². The highest BCUT2D eigenvalue weighted by Gasteiger charge is 2.35. The number of hydrogen-bond acceptors (Lipinski definition) is 3. The predicted molar refractivity (Wildman–Crippen MR) is 68.5 cm³/mol. The Bertz CT molecular complexity index is 459. The van der Waals surface area contributed by atoms with Gasteiger partial charge in [-0.25, -0.2) is 4.79 Å². The second kappa shape index (κ2) is 5.69. The molecule has 1 N–H and O–H groups in total. The Kier molecular flexibility index (Phi) is 3.99. The number of rotatable bonds is 5. The lowest BCUT2D eigenvalue weighted by molar-refractivity contribution is -0.137. The van der Waals surface area contributed by atoms with Crippen LogP contribution in [0.15, 0.2) is 24.4 Å². The van der Waals surface area contributed by atoms with Crippen LogP contribution >= 0.6 is 0 Å². The molecule has 2 rings (SSSR count). The Morgan fingerprint density at radius 2 is 2.16 bits per heavy atom. The minimum absolute atomic E-state index is 0.0785. The van der Waals surface area contributed by atoms with E-state index in [-0.39, 0.29) is 18.6 Å². The summed E-state index contributed by atoms with van der Waals surface area (Å²) in [4.78, 5) is 30.1. The first-order valence-corrected chi connectivity index (χ1v) is 6.21. The monoisotopic (exact) mass is 263 g/mol. The SMILES string of the molecule is CN(Cc1ccccn1)C(=O)N(CC(=O)O)C1CC1. The van der Waals surface area contributed by atoms with Crippen molar-refractivity contribution in [3.05, 3.63) is 30.1 Å². The summed E-state index contributed by atoms with van der Waals surface area (Å²) >= 11 is 0. The largest absolute Gasteiger partial charge is 0.480 e. The van der Waals surface area contributed by atoms with Gasteiger partial charge in [0.15, 0.2) is 0 Å². The van der Waals surface area contributed by atoms with Crippen molar-refractivity contribution < 1.29 is 14.7 Å². The molecule has 6 heteroatoms. The molecular weight excluding hydrogens is 246 g/mol. The zero-order valence-electron chi connectivity index (χ0n) is 10.8. The van der Waals surface area contributed by atoms with Crippen molar-refractivity contribution in [3.63, 3.8) is 0 Å². The molecule has 1 aliphatic carbocycles. The Morgan fingerprint density at radius 1 is 1.42 bits per heavy atom. The number of carboxylic acids is 1. The number of pyridine rings is 1. The number of carbonyl (C=O) groups is 2. The van der Waals surface area contributed by atoms with Crippen molar-refractivity contribution in [2.75, 3.05) is 13.6 Å². The maximum absolute atomic E-state index is 12.2. The van der Waals surface area contributed by atoms with Crippen LogP contribution in [0.2, 0.25) is 0 Å². The van der Waals surface area contributed by atoms with Crippen molar-refractivity contribution in [1.82, 2.24) is 14.8 Å². The molecule has 0 radical (unpaired) electrons. The van der Waals surface area contributed by atoms with Gasteiger partial charge in [-0.05, 0) is 25.0 Å².